The van der Waals surface area contributed by atoms with Crippen molar-refractivity contribution in [2.45, 2.75) is 299 Å². The maximum atomic E-state index is 13.2. The normalized spacial score (nSPS) is 26.0. The minimum absolute atomic E-state index is 0.251. The number of rotatable bonds is 45. The zero-order chi connectivity index (χ0) is 51.7. The maximum absolute atomic E-state index is 13.2. The van der Waals surface area contributed by atoms with Gasteiger partial charge >= 0.3 is 0 Å². The summed E-state index contributed by atoms with van der Waals surface area (Å²) in [5, 5.41) is 86.6. The molecule has 0 aromatic rings. The fraction of sp³-hybridized carbons (Fsp3) is 0.877. The summed E-state index contributed by atoms with van der Waals surface area (Å²) in [5.74, 6) is -0.251. The van der Waals surface area contributed by atoms with Crippen molar-refractivity contribution in [3.8, 4) is 0 Å². The quantitative estimate of drug-likeness (QED) is 0.0205. The lowest BCUT2D eigenvalue weighted by atomic mass is 9.97. The largest absolute Gasteiger partial charge is 0.394 e. The van der Waals surface area contributed by atoms with Crippen LogP contribution in [0.4, 0.5) is 0 Å². The molecule has 416 valence electrons. The Labute approximate surface area is 430 Å². The standard InChI is InChI=1S/C57H105NO13/c1-3-5-7-9-11-13-14-15-16-17-18-19-20-21-22-23-24-25-26-27-28-29-30-31-32-33-35-37-39-41-49(62)58-45(46(61)40-38-36-34-12-10-8-6-4-2)44-68-56-54(67)52(65)55(48(43-60)70-56)71-57-53(66)51(64)50(63)47(42-59)69-57/h10,12,17-18,38,40,45-48,50-57,59-61,63-67H,3-9,11,13-16,19-37,39,41-44H2,1-2H3,(H,58,62)/b12-10+,18-17-,40-38+. The van der Waals surface area contributed by atoms with E-state index >= 15 is 0 Å². The predicted molar refractivity (Wildman–Crippen MR) is 281 cm³/mol. The molecule has 14 heteroatoms. The smallest absolute Gasteiger partial charge is 0.220 e. The molecule has 71 heavy (non-hydrogen) atoms. The molecule has 2 heterocycles. The van der Waals surface area contributed by atoms with Gasteiger partial charge in [-0.05, 0) is 51.4 Å². The van der Waals surface area contributed by atoms with Crippen LogP contribution in [0.5, 0.6) is 0 Å². The van der Waals surface area contributed by atoms with Crippen LogP contribution in [0.25, 0.3) is 0 Å². The number of nitrogens with one attached hydrogen (secondary N) is 1. The van der Waals surface area contributed by atoms with Gasteiger partial charge in [-0.2, -0.15) is 0 Å². The van der Waals surface area contributed by atoms with Crippen LogP contribution in [0, 0.1) is 0 Å². The van der Waals surface area contributed by atoms with Gasteiger partial charge in [-0.15, -0.1) is 0 Å². The first kappa shape index (κ1) is 65.3. The Morgan fingerprint density at radius 3 is 1.42 bits per heavy atom. The van der Waals surface area contributed by atoms with Gasteiger partial charge in [0.15, 0.2) is 12.6 Å². The first-order chi connectivity index (χ1) is 34.6. The van der Waals surface area contributed by atoms with Crippen molar-refractivity contribution in [2.75, 3.05) is 19.8 Å². The Morgan fingerprint density at radius 1 is 0.493 bits per heavy atom. The number of hydrogen-bond donors (Lipinski definition) is 9. The number of ether oxygens (including phenoxy) is 4. The van der Waals surface area contributed by atoms with Gasteiger partial charge < -0.3 is 65.1 Å². The number of unbranched alkanes of at least 4 members (excludes halogenated alkanes) is 28. The second kappa shape index (κ2) is 43.4. The van der Waals surface area contributed by atoms with Crippen LogP contribution in [0.3, 0.4) is 0 Å². The molecule has 2 aliphatic rings. The fourth-order valence-electron chi connectivity index (χ4n) is 9.35. The summed E-state index contributed by atoms with van der Waals surface area (Å²) in [4.78, 5) is 13.2. The molecule has 0 aromatic carbocycles. The van der Waals surface area contributed by atoms with Crippen molar-refractivity contribution in [1.82, 2.24) is 5.32 Å². The lowest BCUT2D eigenvalue weighted by Gasteiger charge is -2.46. The molecule has 12 unspecified atom stereocenters. The van der Waals surface area contributed by atoms with Crippen molar-refractivity contribution in [3.63, 3.8) is 0 Å². The van der Waals surface area contributed by atoms with Gasteiger partial charge in [0.1, 0.15) is 48.8 Å². The lowest BCUT2D eigenvalue weighted by Crippen LogP contribution is -2.65. The molecular formula is C57H105NO13. The maximum Gasteiger partial charge on any atom is 0.220 e. The molecule has 2 aliphatic heterocycles. The fourth-order valence-corrected chi connectivity index (χ4v) is 9.35. The third-order valence-corrected chi connectivity index (χ3v) is 14.0. The first-order valence-electron chi connectivity index (χ1n) is 28.7. The molecule has 0 aliphatic carbocycles. The Kier molecular flexibility index (Phi) is 40.0. The average molecular weight is 1010 g/mol. The van der Waals surface area contributed by atoms with E-state index in [2.05, 4.69) is 43.5 Å². The highest BCUT2D eigenvalue weighted by Gasteiger charge is 2.51. The van der Waals surface area contributed by atoms with E-state index in [-0.39, 0.29) is 18.9 Å². The lowest BCUT2D eigenvalue weighted by molar-refractivity contribution is -0.359. The monoisotopic (exact) mass is 1010 g/mol. The van der Waals surface area contributed by atoms with Crippen molar-refractivity contribution >= 4 is 5.91 Å². The molecular weight excluding hydrogens is 907 g/mol. The van der Waals surface area contributed by atoms with Crippen LogP contribution in [0.2, 0.25) is 0 Å². The summed E-state index contributed by atoms with van der Waals surface area (Å²) in [7, 11) is 0. The number of allylic oxidation sites excluding steroid dienone is 5. The number of aliphatic hydroxyl groups is 8. The Morgan fingerprint density at radius 2 is 0.915 bits per heavy atom. The van der Waals surface area contributed by atoms with E-state index in [1.165, 1.54) is 148 Å². The van der Waals surface area contributed by atoms with Crippen LogP contribution in [0.15, 0.2) is 36.5 Å². The highest BCUT2D eigenvalue weighted by Crippen LogP contribution is 2.30. The van der Waals surface area contributed by atoms with E-state index in [4.69, 9.17) is 18.9 Å². The van der Waals surface area contributed by atoms with Crippen molar-refractivity contribution in [1.29, 1.82) is 0 Å². The summed E-state index contributed by atoms with van der Waals surface area (Å²) in [5.41, 5.74) is 0. The van der Waals surface area contributed by atoms with E-state index in [1.807, 2.05) is 6.08 Å². The van der Waals surface area contributed by atoms with E-state index in [0.717, 1.165) is 44.9 Å². The molecule has 1 amide bonds. The molecule has 2 fully saturated rings. The summed E-state index contributed by atoms with van der Waals surface area (Å²) in [6.45, 7) is 2.70. The molecule has 12 atom stereocenters. The van der Waals surface area contributed by atoms with E-state index in [9.17, 15) is 45.6 Å². The van der Waals surface area contributed by atoms with Gasteiger partial charge in [-0.1, -0.05) is 204 Å². The van der Waals surface area contributed by atoms with Gasteiger partial charge in [0.25, 0.3) is 0 Å². The van der Waals surface area contributed by atoms with Crippen LogP contribution in [-0.2, 0) is 23.7 Å². The van der Waals surface area contributed by atoms with Crippen molar-refractivity contribution in [2.24, 2.45) is 0 Å². The van der Waals surface area contributed by atoms with Crippen LogP contribution in [0.1, 0.15) is 226 Å². The van der Waals surface area contributed by atoms with Gasteiger partial charge in [0.2, 0.25) is 5.91 Å². The third kappa shape index (κ3) is 29.8. The summed E-state index contributed by atoms with van der Waals surface area (Å²) >= 11 is 0. The van der Waals surface area contributed by atoms with Crippen LogP contribution in [-0.4, -0.2) is 140 Å². The van der Waals surface area contributed by atoms with E-state index < -0.39 is 86.8 Å². The predicted octanol–water partition coefficient (Wildman–Crippen LogP) is 9.05. The van der Waals surface area contributed by atoms with Crippen LogP contribution < -0.4 is 5.32 Å². The number of aliphatic hydroxyl groups excluding tert-OH is 8. The zero-order valence-corrected chi connectivity index (χ0v) is 44.5. The van der Waals surface area contributed by atoms with Crippen molar-refractivity contribution < 1.29 is 64.6 Å². The molecule has 2 saturated heterocycles. The highest BCUT2D eigenvalue weighted by atomic mass is 16.7. The third-order valence-electron chi connectivity index (χ3n) is 14.0. The summed E-state index contributed by atoms with van der Waals surface area (Å²) in [6, 6.07) is -0.927. The topological polar surface area (TPSA) is 228 Å². The zero-order valence-electron chi connectivity index (χ0n) is 44.5. The summed E-state index contributed by atoms with van der Waals surface area (Å²) in [6.07, 6.45) is 35.3. The Balaban J connectivity index is 1.63. The van der Waals surface area contributed by atoms with E-state index in [0.29, 0.717) is 12.8 Å². The molecule has 0 bridgehead atoms. The molecule has 0 saturated carbocycles. The SMILES string of the molecule is CCCC/C=C/CC/C=C/C(O)C(COC1OC(CO)C(OC2OC(CO)C(O)C(O)C2O)C(O)C1O)NC(=O)CCCCCCCCCCCCCCCCCCC/C=C\CCCCCCCCCC. The summed E-state index contributed by atoms with van der Waals surface area (Å²) < 4.78 is 22.6. The number of amides is 1. The molecule has 0 spiro atoms. The Hall–Kier alpha value is -1.79. The number of carbonyl (C=O) groups excluding carboxylic acids is 1. The van der Waals surface area contributed by atoms with Crippen molar-refractivity contribution in [3.05, 3.63) is 36.5 Å². The molecule has 0 aromatic heterocycles. The Bertz CT molecular complexity index is 1330. The second-order valence-electron chi connectivity index (χ2n) is 20.4. The number of hydrogen-bond acceptors (Lipinski definition) is 13. The minimum atomic E-state index is -1.79. The second-order valence-corrected chi connectivity index (χ2v) is 20.4. The molecule has 2 rings (SSSR count). The molecule has 0 radical (unpaired) electrons. The first-order valence-corrected chi connectivity index (χ1v) is 28.7. The van der Waals surface area contributed by atoms with Gasteiger partial charge in [0, 0.05) is 6.42 Å². The average Bonchev–Trinajstić information content (AvgIpc) is 3.37. The molecule has 9 N–H and O–H groups in total. The van der Waals surface area contributed by atoms with Crippen LogP contribution >= 0.6 is 0 Å². The number of carbonyl (C=O) groups is 1. The highest BCUT2D eigenvalue weighted by molar-refractivity contribution is 5.76. The van der Waals surface area contributed by atoms with E-state index in [1.54, 1.807) is 6.08 Å². The van der Waals surface area contributed by atoms with Gasteiger partial charge in [-0.25, -0.2) is 0 Å². The van der Waals surface area contributed by atoms with Gasteiger partial charge in [-0.3, -0.25) is 4.79 Å². The van der Waals surface area contributed by atoms with Gasteiger partial charge in [0.05, 0.1) is 32.0 Å². The minimum Gasteiger partial charge on any atom is -0.394 e. The molecule has 14 nitrogen and oxygen atoms in total.